The summed E-state index contributed by atoms with van der Waals surface area (Å²) >= 11 is 6.07. The van der Waals surface area contributed by atoms with Gasteiger partial charge in [-0.25, -0.2) is 0 Å². The number of aliphatic hydroxyl groups is 1. The minimum atomic E-state index is -0.655. The third kappa shape index (κ3) is 3.30. The van der Waals surface area contributed by atoms with Crippen molar-refractivity contribution in [2.24, 2.45) is 0 Å². The molecule has 0 bridgehead atoms. The van der Waals surface area contributed by atoms with E-state index in [0.29, 0.717) is 22.8 Å². The summed E-state index contributed by atoms with van der Waals surface area (Å²) in [6, 6.07) is 14.9. The molecule has 1 unspecified atom stereocenters. The average molecular weight is 287 g/mol. The van der Waals surface area contributed by atoms with Crippen LogP contribution >= 0.6 is 11.6 Å². The second-order valence-corrected chi connectivity index (χ2v) is 4.99. The van der Waals surface area contributed by atoms with E-state index in [1.54, 1.807) is 18.2 Å². The normalized spacial score (nSPS) is 11.7. The van der Waals surface area contributed by atoms with Crippen molar-refractivity contribution in [3.8, 4) is 6.07 Å². The Morgan fingerprint density at radius 1 is 1.30 bits per heavy atom. The van der Waals surface area contributed by atoms with Crippen molar-refractivity contribution < 1.29 is 5.11 Å². The molecule has 3 nitrogen and oxygen atoms in total. The first-order valence-corrected chi connectivity index (χ1v) is 6.66. The molecule has 0 aliphatic carbocycles. The zero-order valence-corrected chi connectivity index (χ0v) is 11.9. The number of para-hydroxylation sites is 1. The number of hydrogen-bond donors (Lipinski definition) is 2. The highest BCUT2D eigenvalue weighted by Crippen LogP contribution is 2.26. The van der Waals surface area contributed by atoms with Gasteiger partial charge in [0.05, 0.1) is 22.4 Å². The summed E-state index contributed by atoms with van der Waals surface area (Å²) in [5.74, 6) is 0. The van der Waals surface area contributed by atoms with E-state index < -0.39 is 6.10 Å². The molecule has 1 atom stereocenters. The van der Waals surface area contributed by atoms with Crippen LogP contribution in [0.4, 0.5) is 5.69 Å². The van der Waals surface area contributed by atoms with Crippen molar-refractivity contribution in [1.82, 2.24) is 0 Å². The summed E-state index contributed by atoms with van der Waals surface area (Å²) in [5, 5.41) is 22.7. The smallest absolute Gasteiger partial charge is 0.101 e. The number of rotatable bonds is 4. The number of nitrogens with one attached hydrogen (secondary N) is 1. The summed E-state index contributed by atoms with van der Waals surface area (Å²) in [5.41, 5.74) is 2.96. The van der Waals surface area contributed by atoms with E-state index in [2.05, 4.69) is 11.4 Å². The fourth-order valence-corrected chi connectivity index (χ4v) is 2.23. The molecular formula is C16H15ClN2O. The highest BCUT2D eigenvalue weighted by molar-refractivity contribution is 6.33. The van der Waals surface area contributed by atoms with Gasteiger partial charge in [0.2, 0.25) is 0 Å². The Bertz CT molecular complexity index is 649. The van der Waals surface area contributed by atoms with E-state index in [-0.39, 0.29) is 0 Å². The first-order chi connectivity index (χ1) is 9.61. The molecule has 0 aliphatic heterocycles. The van der Waals surface area contributed by atoms with Crippen LogP contribution in [0.2, 0.25) is 5.02 Å². The molecule has 2 aromatic carbocycles. The van der Waals surface area contributed by atoms with Gasteiger partial charge in [-0.2, -0.15) is 5.26 Å². The molecule has 2 N–H and O–H groups in total. The van der Waals surface area contributed by atoms with Crippen LogP contribution in [0.25, 0.3) is 0 Å². The lowest BCUT2D eigenvalue weighted by Crippen LogP contribution is -2.13. The van der Waals surface area contributed by atoms with Gasteiger partial charge in [0.25, 0.3) is 0 Å². The number of aliphatic hydroxyl groups excluding tert-OH is 1. The lowest BCUT2D eigenvalue weighted by Gasteiger charge is -2.15. The van der Waals surface area contributed by atoms with Gasteiger partial charge in [-0.15, -0.1) is 0 Å². The molecule has 102 valence electrons. The van der Waals surface area contributed by atoms with Gasteiger partial charge >= 0.3 is 0 Å². The third-order valence-corrected chi connectivity index (χ3v) is 3.35. The van der Waals surface area contributed by atoms with Crippen LogP contribution in [-0.2, 0) is 0 Å². The highest BCUT2D eigenvalue weighted by atomic mass is 35.5. The molecule has 0 saturated carbocycles. The Balaban J connectivity index is 2.11. The van der Waals surface area contributed by atoms with Gasteiger partial charge in [0, 0.05) is 6.54 Å². The predicted octanol–water partition coefficient (Wildman–Crippen LogP) is 3.67. The van der Waals surface area contributed by atoms with Crippen molar-refractivity contribution >= 4 is 17.3 Å². The van der Waals surface area contributed by atoms with Gasteiger partial charge in [-0.05, 0) is 24.6 Å². The highest BCUT2D eigenvalue weighted by Gasteiger charge is 2.11. The lowest BCUT2D eigenvalue weighted by atomic mass is 10.1. The summed E-state index contributed by atoms with van der Waals surface area (Å²) in [4.78, 5) is 0. The second-order valence-electron chi connectivity index (χ2n) is 4.59. The first kappa shape index (κ1) is 14.4. The van der Waals surface area contributed by atoms with Gasteiger partial charge < -0.3 is 10.4 Å². The van der Waals surface area contributed by atoms with E-state index in [0.717, 1.165) is 11.1 Å². The van der Waals surface area contributed by atoms with E-state index in [1.807, 2.05) is 31.2 Å². The quantitative estimate of drug-likeness (QED) is 0.902. The fourth-order valence-electron chi connectivity index (χ4n) is 1.99. The van der Waals surface area contributed by atoms with Crippen molar-refractivity contribution in [3.63, 3.8) is 0 Å². The topological polar surface area (TPSA) is 56.0 Å². The van der Waals surface area contributed by atoms with Gasteiger partial charge in [0.15, 0.2) is 0 Å². The van der Waals surface area contributed by atoms with E-state index in [1.165, 1.54) is 0 Å². The molecule has 0 aliphatic rings. The summed E-state index contributed by atoms with van der Waals surface area (Å²) in [6.45, 7) is 2.27. The average Bonchev–Trinajstić information content (AvgIpc) is 2.45. The molecule has 0 radical (unpaired) electrons. The molecule has 0 heterocycles. The maximum Gasteiger partial charge on any atom is 0.101 e. The monoisotopic (exact) mass is 286 g/mol. The van der Waals surface area contributed by atoms with Crippen LogP contribution in [-0.4, -0.2) is 11.7 Å². The fraction of sp³-hybridized carbons (Fsp3) is 0.188. The largest absolute Gasteiger partial charge is 0.387 e. The molecular weight excluding hydrogens is 272 g/mol. The van der Waals surface area contributed by atoms with Crippen molar-refractivity contribution in [2.45, 2.75) is 13.0 Å². The number of halogens is 1. The summed E-state index contributed by atoms with van der Waals surface area (Å²) < 4.78 is 0. The summed E-state index contributed by atoms with van der Waals surface area (Å²) in [7, 11) is 0. The van der Waals surface area contributed by atoms with Gasteiger partial charge in [-0.3, -0.25) is 0 Å². The Morgan fingerprint density at radius 2 is 2.05 bits per heavy atom. The zero-order valence-electron chi connectivity index (χ0n) is 11.1. The third-order valence-electron chi connectivity index (χ3n) is 3.03. The molecule has 0 aromatic heterocycles. The van der Waals surface area contributed by atoms with Crippen LogP contribution in [0.5, 0.6) is 0 Å². The number of nitrogens with zero attached hydrogens (tertiary/aromatic N) is 1. The Kier molecular flexibility index (Phi) is 4.62. The van der Waals surface area contributed by atoms with Crippen LogP contribution in [0.15, 0.2) is 42.5 Å². The predicted molar refractivity (Wildman–Crippen MR) is 80.8 cm³/mol. The molecule has 0 amide bonds. The van der Waals surface area contributed by atoms with Crippen molar-refractivity contribution in [2.75, 3.05) is 11.9 Å². The molecule has 2 rings (SSSR count). The summed E-state index contributed by atoms with van der Waals surface area (Å²) in [6.07, 6.45) is -0.655. The Hall–Kier alpha value is -2.02. The van der Waals surface area contributed by atoms with Gasteiger partial charge in [-0.1, -0.05) is 47.5 Å². The maximum absolute atomic E-state index is 10.2. The van der Waals surface area contributed by atoms with Crippen LogP contribution in [0, 0.1) is 18.3 Å². The van der Waals surface area contributed by atoms with Crippen molar-refractivity contribution in [3.05, 3.63) is 64.2 Å². The SMILES string of the molecule is Cc1cccc(C(O)CNc2c(Cl)cccc2C#N)c1. The Labute approximate surface area is 123 Å². The minimum absolute atomic E-state index is 0.294. The lowest BCUT2D eigenvalue weighted by molar-refractivity contribution is 0.191. The Morgan fingerprint density at radius 3 is 2.75 bits per heavy atom. The standard InChI is InChI=1S/C16H15ClN2O/c1-11-4-2-5-12(8-11)15(20)10-19-16-13(9-18)6-3-7-14(16)17/h2-8,15,19-20H,10H2,1H3. The number of anilines is 1. The number of nitriles is 1. The number of benzene rings is 2. The second kappa shape index (κ2) is 6.42. The zero-order chi connectivity index (χ0) is 14.5. The molecule has 0 fully saturated rings. The van der Waals surface area contributed by atoms with E-state index >= 15 is 0 Å². The molecule has 4 heteroatoms. The van der Waals surface area contributed by atoms with Crippen molar-refractivity contribution in [1.29, 1.82) is 5.26 Å². The van der Waals surface area contributed by atoms with Crippen LogP contribution in [0.1, 0.15) is 22.8 Å². The van der Waals surface area contributed by atoms with Gasteiger partial charge in [0.1, 0.15) is 6.07 Å². The van der Waals surface area contributed by atoms with E-state index in [9.17, 15) is 5.11 Å². The van der Waals surface area contributed by atoms with E-state index in [4.69, 9.17) is 16.9 Å². The number of aryl methyl sites for hydroxylation is 1. The molecule has 0 saturated heterocycles. The van der Waals surface area contributed by atoms with Crippen LogP contribution in [0.3, 0.4) is 0 Å². The minimum Gasteiger partial charge on any atom is -0.387 e. The first-order valence-electron chi connectivity index (χ1n) is 6.29. The molecule has 2 aromatic rings. The molecule has 20 heavy (non-hydrogen) atoms. The number of hydrogen-bond acceptors (Lipinski definition) is 3. The maximum atomic E-state index is 10.2. The van der Waals surface area contributed by atoms with Crippen LogP contribution < -0.4 is 5.32 Å². The molecule has 0 spiro atoms.